The maximum atomic E-state index is 12.4. The molecule has 2 rings (SSSR count). The number of nitrogens with zero attached hydrogens (tertiary/aromatic N) is 2. The molecule has 0 radical (unpaired) electrons. The van der Waals surface area contributed by atoms with Gasteiger partial charge in [-0.2, -0.15) is 0 Å². The molecule has 0 saturated carbocycles. The van der Waals surface area contributed by atoms with Crippen molar-refractivity contribution in [3.8, 4) is 0 Å². The maximum Gasteiger partial charge on any atom is 0.204 e. The topological polar surface area (TPSA) is 72.9 Å². The highest BCUT2D eigenvalue weighted by Crippen LogP contribution is 2.22. The van der Waals surface area contributed by atoms with Crippen molar-refractivity contribution < 1.29 is 14.7 Å². The molecule has 1 aliphatic carbocycles. The second-order valence-electron chi connectivity index (χ2n) is 6.67. The molecule has 0 aromatic heterocycles. The molecule has 146 valence electrons. The molecule has 0 amide bonds. The maximum absolute atomic E-state index is 12.4. The minimum Gasteiger partial charge on any atom is -0.395 e. The summed E-state index contributed by atoms with van der Waals surface area (Å²) >= 11 is 0. The van der Waals surface area contributed by atoms with Gasteiger partial charge in [-0.15, -0.1) is 0 Å². The Labute approximate surface area is 161 Å². The summed E-state index contributed by atoms with van der Waals surface area (Å²) in [6, 6.07) is 8.22. The highest BCUT2D eigenvalue weighted by molar-refractivity contribution is 6.20. The average molecular weight is 371 g/mol. The fourth-order valence-corrected chi connectivity index (χ4v) is 3.20. The van der Waals surface area contributed by atoms with Crippen LogP contribution in [0.5, 0.6) is 0 Å². The van der Waals surface area contributed by atoms with E-state index in [-0.39, 0.29) is 23.9 Å². The van der Waals surface area contributed by atoms with Crippen LogP contribution in [0, 0.1) is 0 Å². The number of aliphatic hydroxyl groups excluding tert-OH is 1. The second kappa shape index (κ2) is 9.37. The first-order chi connectivity index (χ1) is 12.9. The highest BCUT2D eigenvalue weighted by Gasteiger charge is 2.23. The Morgan fingerprint density at radius 1 is 1.00 bits per heavy atom. The van der Waals surface area contributed by atoms with E-state index in [9.17, 15) is 9.59 Å². The molecule has 0 fully saturated rings. The summed E-state index contributed by atoms with van der Waals surface area (Å²) < 4.78 is 0. The molecule has 0 heterocycles. The van der Waals surface area contributed by atoms with Crippen molar-refractivity contribution in [3.05, 3.63) is 47.8 Å². The van der Waals surface area contributed by atoms with Gasteiger partial charge in [0.05, 0.1) is 18.0 Å². The molecule has 1 aromatic carbocycles. The number of rotatable bonds is 9. The van der Waals surface area contributed by atoms with Crippen molar-refractivity contribution in [2.45, 2.75) is 33.7 Å². The molecule has 1 aliphatic rings. The van der Waals surface area contributed by atoms with Crippen LogP contribution in [-0.2, 0) is 9.59 Å². The number of benzene rings is 1. The van der Waals surface area contributed by atoms with Gasteiger partial charge < -0.3 is 20.2 Å². The van der Waals surface area contributed by atoms with Crippen LogP contribution in [-0.4, -0.2) is 53.9 Å². The van der Waals surface area contributed by atoms with E-state index in [1.54, 1.807) is 4.90 Å². The number of aliphatic hydroxyl groups is 1. The normalized spacial score (nSPS) is 14.1. The number of allylic oxidation sites excluding steroid dienone is 2. The predicted octanol–water partition coefficient (Wildman–Crippen LogP) is 2.57. The van der Waals surface area contributed by atoms with Gasteiger partial charge >= 0.3 is 0 Å². The van der Waals surface area contributed by atoms with Gasteiger partial charge in [-0.25, -0.2) is 0 Å². The van der Waals surface area contributed by atoms with E-state index in [0.29, 0.717) is 24.8 Å². The third-order valence-electron chi connectivity index (χ3n) is 4.60. The van der Waals surface area contributed by atoms with Gasteiger partial charge in [0, 0.05) is 49.2 Å². The Morgan fingerprint density at radius 3 is 2.19 bits per heavy atom. The number of ketones is 2. The van der Waals surface area contributed by atoms with Crippen LogP contribution in [0.4, 0.5) is 11.4 Å². The fraction of sp³-hybridized carbons (Fsp3) is 0.429. The fourth-order valence-electron chi connectivity index (χ4n) is 3.20. The Balaban J connectivity index is 2.12. The highest BCUT2D eigenvalue weighted by atomic mass is 16.3. The van der Waals surface area contributed by atoms with E-state index in [1.807, 2.05) is 31.2 Å². The molecule has 6 nitrogen and oxygen atoms in total. The molecule has 0 spiro atoms. The molecule has 0 bridgehead atoms. The van der Waals surface area contributed by atoms with Crippen LogP contribution in [0.2, 0.25) is 0 Å². The first-order valence-corrected chi connectivity index (χ1v) is 9.42. The lowest BCUT2D eigenvalue weighted by Crippen LogP contribution is -2.33. The lowest BCUT2D eigenvalue weighted by atomic mass is 10.0. The van der Waals surface area contributed by atoms with Crippen molar-refractivity contribution in [2.75, 3.05) is 36.5 Å². The van der Waals surface area contributed by atoms with E-state index < -0.39 is 0 Å². The first kappa shape index (κ1) is 20.7. The molecule has 1 aromatic rings. The van der Waals surface area contributed by atoms with Crippen LogP contribution in [0.3, 0.4) is 0 Å². The quantitative estimate of drug-likeness (QED) is 0.650. The van der Waals surface area contributed by atoms with Crippen LogP contribution >= 0.6 is 0 Å². The Kier molecular flexibility index (Phi) is 7.19. The third-order valence-corrected chi connectivity index (χ3v) is 4.60. The van der Waals surface area contributed by atoms with Gasteiger partial charge in [-0.1, -0.05) is 0 Å². The summed E-state index contributed by atoms with van der Waals surface area (Å²) in [5, 5.41) is 12.2. The van der Waals surface area contributed by atoms with Crippen LogP contribution in [0.1, 0.15) is 27.7 Å². The van der Waals surface area contributed by atoms with E-state index in [1.165, 1.54) is 12.2 Å². The van der Waals surface area contributed by atoms with Crippen LogP contribution in [0.15, 0.2) is 47.8 Å². The molecular formula is C21H29N3O3. The Bertz CT molecular complexity index is 736. The molecule has 2 N–H and O–H groups in total. The second-order valence-corrected chi connectivity index (χ2v) is 6.67. The predicted molar refractivity (Wildman–Crippen MR) is 109 cm³/mol. The number of carbonyl (C=O) groups is 2. The summed E-state index contributed by atoms with van der Waals surface area (Å²) in [6.07, 6.45) is 2.67. The summed E-state index contributed by atoms with van der Waals surface area (Å²) in [5.41, 5.74) is 2.45. The van der Waals surface area contributed by atoms with Crippen LogP contribution in [0.25, 0.3) is 0 Å². The van der Waals surface area contributed by atoms with Crippen molar-refractivity contribution in [2.24, 2.45) is 0 Å². The largest absolute Gasteiger partial charge is 0.395 e. The summed E-state index contributed by atoms with van der Waals surface area (Å²) in [6.45, 7) is 10.0. The monoisotopic (exact) mass is 371 g/mol. The molecule has 27 heavy (non-hydrogen) atoms. The van der Waals surface area contributed by atoms with Crippen molar-refractivity contribution in [1.82, 2.24) is 4.90 Å². The van der Waals surface area contributed by atoms with Crippen molar-refractivity contribution >= 4 is 22.9 Å². The van der Waals surface area contributed by atoms with Gasteiger partial charge in [-0.05, 0) is 52.0 Å². The molecule has 0 saturated heterocycles. The molecule has 0 unspecified atom stereocenters. The molecule has 0 aliphatic heterocycles. The van der Waals surface area contributed by atoms with Gasteiger partial charge in [0.2, 0.25) is 11.6 Å². The smallest absolute Gasteiger partial charge is 0.204 e. The standard InChI is InChI=1S/C21H29N3O3/c1-5-23(11-12-25)19-14-20(26)18(13-21(19)27)22-16-7-9-17(10-8-16)24(6-2)15(3)4/h7-10,13-15,22,25H,5-6,11-12H2,1-4H3. The third kappa shape index (κ3) is 4.98. The zero-order valence-electron chi connectivity index (χ0n) is 16.5. The van der Waals surface area contributed by atoms with E-state index in [4.69, 9.17) is 5.11 Å². The van der Waals surface area contributed by atoms with Gasteiger partial charge in [0.25, 0.3) is 0 Å². The van der Waals surface area contributed by atoms with E-state index in [0.717, 1.165) is 17.9 Å². The zero-order valence-corrected chi connectivity index (χ0v) is 16.5. The Morgan fingerprint density at radius 2 is 1.67 bits per heavy atom. The van der Waals surface area contributed by atoms with Crippen molar-refractivity contribution in [3.63, 3.8) is 0 Å². The number of carbonyl (C=O) groups excluding carboxylic acids is 2. The average Bonchev–Trinajstić information content (AvgIpc) is 2.64. The molecular weight excluding hydrogens is 342 g/mol. The van der Waals surface area contributed by atoms with Crippen molar-refractivity contribution in [1.29, 1.82) is 0 Å². The van der Waals surface area contributed by atoms with Gasteiger partial charge in [0.1, 0.15) is 0 Å². The molecule has 0 atom stereocenters. The Hall–Kier alpha value is -2.60. The lowest BCUT2D eigenvalue weighted by Gasteiger charge is -2.28. The summed E-state index contributed by atoms with van der Waals surface area (Å²) in [4.78, 5) is 28.8. The summed E-state index contributed by atoms with van der Waals surface area (Å²) in [7, 11) is 0. The number of nitrogens with one attached hydrogen (secondary N) is 1. The lowest BCUT2D eigenvalue weighted by molar-refractivity contribution is -0.116. The number of anilines is 2. The number of hydrogen-bond donors (Lipinski definition) is 2. The number of likely N-dealkylation sites (N-methyl/N-ethyl adjacent to an activating group) is 1. The van der Waals surface area contributed by atoms with E-state index >= 15 is 0 Å². The molecule has 6 heteroatoms. The van der Waals surface area contributed by atoms with Gasteiger partial charge in [0.15, 0.2) is 0 Å². The first-order valence-electron chi connectivity index (χ1n) is 9.42. The zero-order chi connectivity index (χ0) is 20.0. The minimum atomic E-state index is -0.248. The summed E-state index contributed by atoms with van der Waals surface area (Å²) in [5.74, 6) is -0.483. The van der Waals surface area contributed by atoms with E-state index in [2.05, 4.69) is 31.0 Å². The minimum absolute atomic E-state index is 0.0705. The van der Waals surface area contributed by atoms with Crippen LogP contribution < -0.4 is 10.2 Å². The SMILES string of the molecule is CCN(CCO)C1=CC(=O)C(Nc2ccc(N(CC)C(C)C)cc2)=CC1=O. The van der Waals surface area contributed by atoms with Gasteiger partial charge in [-0.3, -0.25) is 9.59 Å². The number of hydrogen-bond acceptors (Lipinski definition) is 6.